The molecular formula is C11H14Cl2N2O3S. The molecule has 1 aliphatic carbocycles. The topological polar surface area (TPSA) is 59.4 Å². The van der Waals surface area contributed by atoms with Crippen molar-refractivity contribution in [3.05, 3.63) is 28.7 Å². The third kappa shape index (κ3) is 2.97. The molecule has 5 nitrogen and oxygen atoms in total. The maximum Gasteiger partial charge on any atom is 0.250 e. The molecule has 19 heavy (non-hydrogen) atoms. The van der Waals surface area contributed by atoms with Gasteiger partial charge in [-0.05, 0) is 12.5 Å². The fraction of sp³-hybridized carbons (Fsp3) is 0.545. The van der Waals surface area contributed by atoms with Gasteiger partial charge in [0.15, 0.2) is 0 Å². The van der Waals surface area contributed by atoms with Crippen LogP contribution in [0.4, 0.5) is 0 Å². The second-order valence-corrected chi connectivity index (χ2v) is 8.50. The van der Waals surface area contributed by atoms with E-state index in [9.17, 15) is 13.2 Å². The molecule has 1 saturated carbocycles. The number of rotatable bonds is 4. The van der Waals surface area contributed by atoms with Crippen LogP contribution in [0.1, 0.15) is 6.42 Å². The van der Waals surface area contributed by atoms with Crippen molar-refractivity contribution >= 4 is 33.2 Å². The van der Waals surface area contributed by atoms with Crippen molar-refractivity contribution in [2.45, 2.75) is 22.2 Å². The zero-order chi connectivity index (χ0) is 14.4. The van der Waals surface area contributed by atoms with Gasteiger partial charge >= 0.3 is 0 Å². The van der Waals surface area contributed by atoms with Gasteiger partial charge in [-0.15, -0.1) is 23.2 Å². The molecule has 0 saturated heterocycles. The number of alkyl halides is 2. The summed E-state index contributed by atoms with van der Waals surface area (Å²) in [5.74, 6) is -0.0224. The van der Waals surface area contributed by atoms with E-state index in [1.54, 1.807) is 0 Å². The van der Waals surface area contributed by atoms with Crippen LogP contribution in [0.25, 0.3) is 0 Å². The molecule has 8 heteroatoms. The van der Waals surface area contributed by atoms with Crippen LogP contribution in [-0.4, -0.2) is 35.7 Å². The fourth-order valence-corrected chi connectivity index (χ4v) is 3.15. The Morgan fingerprint density at radius 1 is 1.42 bits per heavy atom. The number of nitrogens with zero attached hydrogens (tertiary/aromatic N) is 2. The number of pyridine rings is 1. The van der Waals surface area contributed by atoms with Gasteiger partial charge in [0.05, 0.1) is 4.90 Å². The van der Waals surface area contributed by atoms with E-state index < -0.39 is 14.4 Å². The van der Waals surface area contributed by atoms with E-state index in [0.717, 1.165) is 4.31 Å². The van der Waals surface area contributed by atoms with Crippen LogP contribution in [0.3, 0.4) is 0 Å². The lowest BCUT2D eigenvalue weighted by Gasteiger charge is -2.13. The van der Waals surface area contributed by atoms with Gasteiger partial charge in [0.1, 0.15) is 4.33 Å². The van der Waals surface area contributed by atoms with Gasteiger partial charge in [-0.2, -0.15) is 0 Å². The Labute approximate surface area is 121 Å². The van der Waals surface area contributed by atoms with E-state index in [0.29, 0.717) is 13.0 Å². The molecule has 0 spiro atoms. The first-order chi connectivity index (χ1) is 8.64. The van der Waals surface area contributed by atoms with Crippen LogP contribution in [0.15, 0.2) is 28.0 Å². The number of halogens is 2. The maximum atomic E-state index is 12.0. The first-order valence-corrected chi connectivity index (χ1v) is 7.85. The summed E-state index contributed by atoms with van der Waals surface area (Å²) in [7, 11) is -0.675. The monoisotopic (exact) mass is 324 g/mol. The van der Waals surface area contributed by atoms with Crippen LogP contribution < -0.4 is 5.56 Å². The molecule has 0 aliphatic heterocycles. The van der Waals surface area contributed by atoms with Crippen molar-refractivity contribution < 1.29 is 8.42 Å². The average Bonchev–Trinajstić information content (AvgIpc) is 2.88. The first kappa shape index (κ1) is 14.8. The maximum absolute atomic E-state index is 12.0. The lowest BCUT2D eigenvalue weighted by molar-refractivity contribution is 0.517. The van der Waals surface area contributed by atoms with Crippen LogP contribution in [0.2, 0.25) is 0 Å². The lowest BCUT2D eigenvalue weighted by atomic mass is 10.4. The second-order valence-electron chi connectivity index (χ2n) is 4.80. The summed E-state index contributed by atoms with van der Waals surface area (Å²) in [5, 5.41) is 0. The highest BCUT2D eigenvalue weighted by Gasteiger charge is 2.51. The Morgan fingerprint density at radius 2 is 2.00 bits per heavy atom. The highest BCUT2D eigenvalue weighted by Crippen LogP contribution is 2.53. The largest absolute Gasteiger partial charge is 0.314 e. The molecule has 1 aromatic rings. The summed E-state index contributed by atoms with van der Waals surface area (Å²) in [4.78, 5) is 11.8. The Balaban J connectivity index is 2.33. The summed E-state index contributed by atoms with van der Waals surface area (Å²) in [6.07, 6.45) is 1.94. The summed E-state index contributed by atoms with van der Waals surface area (Å²) in [5.41, 5.74) is -0.270. The quantitative estimate of drug-likeness (QED) is 0.784. The predicted octanol–water partition coefficient (Wildman–Crippen LogP) is 1.29. The van der Waals surface area contributed by atoms with Crippen molar-refractivity contribution in [1.82, 2.24) is 8.87 Å². The van der Waals surface area contributed by atoms with Gasteiger partial charge in [0.2, 0.25) is 10.0 Å². The molecule has 1 aromatic heterocycles. The Bertz CT molecular complexity index is 652. The predicted molar refractivity (Wildman–Crippen MR) is 74.1 cm³/mol. The van der Waals surface area contributed by atoms with Gasteiger partial charge in [0.25, 0.3) is 5.56 Å². The van der Waals surface area contributed by atoms with Crippen LogP contribution in [0.5, 0.6) is 0 Å². The fourth-order valence-electron chi connectivity index (χ4n) is 1.72. The van der Waals surface area contributed by atoms with Gasteiger partial charge < -0.3 is 4.57 Å². The minimum Gasteiger partial charge on any atom is -0.314 e. The molecular weight excluding hydrogens is 311 g/mol. The standard InChI is InChI=1S/C11H14Cl2N2O3S/c1-14(2)19(17,18)9-3-4-10(16)15(7-9)6-8-5-11(8,12)13/h3-4,7-8H,5-6H2,1-2H3. The highest BCUT2D eigenvalue weighted by atomic mass is 35.5. The van der Waals surface area contributed by atoms with Crippen molar-refractivity contribution in [3.8, 4) is 0 Å². The van der Waals surface area contributed by atoms with E-state index in [-0.39, 0.29) is 16.4 Å². The van der Waals surface area contributed by atoms with Crippen LogP contribution in [-0.2, 0) is 16.6 Å². The zero-order valence-corrected chi connectivity index (χ0v) is 12.8. The van der Waals surface area contributed by atoms with E-state index in [1.807, 2.05) is 0 Å². The second kappa shape index (κ2) is 4.77. The van der Waals surface area contributed by atoms with E-state index in [4.69, 9.17) is 23.2 Å². The summed E-state index contributed by atoms with van der Waals surface area (Å²) in [6, 6.07) is 2.54. The normalized spacial score (nSPS) is 21.6. The van der Waals surface area contributed by atoms with Crippen molar-refractivity contribution in [2.75, 3.05) is 14.1 Å². The summed E-state index contributed by atoms with van der Waals surface area (Å²) >= 11 is 11.8. The summed E-state index contributed by atoms with van der Waals surface area (Å²) in [6.45, 7) is 0.322. The molecule has 0 aromatic carbocycles. The highest BCUT2D eigenvalue weighted by molar-refractivity contribution is 7.89. The minimum atomic E-state index is -3.55. The van der Waals surface area contributed by atoms with Crippen LogP contribution >= 0.6 is 23.2 Å². The number of hydrogen-bond acceptors (Lipinski definition) is 3. The third-order valence-electron chi connectivity index (χ3n) is 3.11. The van der Waals surface area contributed by atoms with E-state index in [2.05, 4.69) is 0 Å². The smallest absolute Gasteiger partial charge is 0.250 e. The zero-order valence-electron chi connectivity index (χ0n) is 10.5. The molecule has 1 atom stereocenters. The molecule has 1 heterocycles. The minimum absolute atomic E-state index is 0.0224. The van der Waals surface area contributed by atoms with E-state index in [1.165, 1.54) is 37.0 Å². The van der Waals surface area contributed by atoms with E-state index >= 15 is 0 Å². The first-order valence-electron chi connectivity index (χ1n) is 5.65. The van der Waals surface area contributed by atoms with Gasteiger partial charge in [-0.1, -0.05) is 0 Å². The molecule has 0 N–H and O–H groups in total. The number of hydrogen-bond donors (Lipinski definition) is 0. The molecule has 2 rings (SSSR count). The molecule has 106 valence electrons. The van der Waals surface area contributed by atoms with Gasteiger partial charge in [0, 0.05) is 38.8 Å². The molecule has 0 bridgehead atoms. The van der Waals surface area contributed by atoms with Crippen molar-refractivity contribution in [3.63, 3.8) is 0 Å². The van der Waals surface area contributed by atoms with Gasteiger partial charge in [-0.25, -0.2) is 12.7 Å². The van der Waals surface area contributed by atoms with Gasteiger partial charge in [-0.3, -0.25) is 4.79 Å². The molecule has 0 radical (unpaired) electrons. The molecule has 1 fully saturated rings. The SMILES string of the molecule is CN(C)S(=O)(=O)c1ccc(=O)n(CC2CC2(Cl)Cl)c1. The van der Waals surface area contributed by atoms with Crippen molar-refractivity contribution in [1.29, 1.82) is 0 Å². The Hall–Kier alpha value is -0.560. The average molecular weight is 325 g/mol. The van der Waals surface area contributed by atoms with Crippen molar-refractivity contribution in [2.24, 2.45) is 5.92 Å². The Morgan fingerprint density at radius 3 is 2.47 bits per heavy atom. The molecule has 1 aliphatic rings. The molecule has 1 unspecified atom stereocenters. The number of aromatic nitrogens is 1. The lowest BCUT2D eigenvalue weighted by Crippen LogP contribution is -2.26. The summed E-state index contributed by atoms with van der Waals surface area (Å²) < 4.78 is 25.6. The molecule has 0 amide bonds. The third-order valence-corrected chi connectivity index (χ3v) is 5.83. The Kier molecular flexibility index (Phi) is 3.72. The van der Waals surface area contributed by atoms with Crippen LogP contribution in [0, 0.1) is 5.92 Å². The number of sulfonamides is 1.